The van der Waals surface area contributed by atoms with E-state index in [1.807, 2.05) is 19.9 Å². The predicted octanol–water partition coefficient (Wildman–Crippen LogP) is 3.60. The Bertz CT molecular complexity index is 247. The van der Waals surface area contributed by atoms with Gasteiger partial charge >= 0.3 is 5.97 Å². The molecule has 1 atom stereocenters. The van der Waals surface area contributed by atoms with Crippen LogP contribution < -0.4 is 5.32 Å². The summed E-state index contributed by atoms with van der Waals surface area (Å²) in [6, 6.07) is 0.407. The first-order chi connectivity index (χ1) is 8.56. The fourth-order valence-electron chi connectivity index (χ4n) is 2.23. The SMILES string of the molecule is C=CCCC(CCC)NCC(CC)(CC)C(=O)O. The van der Waals surface area contributed by atoms with Gasteiger partial charge in [-0.25, -0.2) is 0 Å². The van der Waals surface area contributed by atoms with Crippen molar-refractivity contribution >= 4 is 5.97 Å². The maximum absolute atomic E-state index is 11.4. The van der Waals surface area contributed by atoms with E-state index in [0.29, 0.717) is 25.4 Å². The third kappa shape index (κ3) is 5.21. The molecule has 0 aliphatic carbocycles. The number of aliphatic carboxylic acids is 1. The second kappa shape index (κ2) is 9.15. The van der Waals surface area contributed by atoms with Crippen LogP contribution in [0.2, 0.25) is 0 Å². The Morgan fingerprint density at radius 3 is 2.33 bits per heavy atom. The number of carboxylic acids is 1. The predicted molar refractivity (Wildman–Crippen MR) is 76.8 cm³/mol. The maximum atomic E-state index is 11.4. The van der Waals surface area contributed by atoms with Crippen LogP contribution in [-0.4, -0.2) is 23.7 Å². The summed E-state index contributed by atoms with van der Waals surface area (Å²) in [6.07, 6.45) is 7.51. The van der Waals surface area contributed by atoms with Crippen LogP contribution in [0.15, 0.2) is 12.7 Å². The van der Waals surface area contributed by atoms with Crippen molar-refractivity contribution in [2.75, 3.05) is 6.54 Å². The summed E-state index contributed by atoms with van der Waals surface area (Å²) < 4.78 is 0. The smallest absolute Gasteiger partial charge is 0.310 e. The van der Waals surface area contributed by atoms with Crippen LogP contribution in [0.3, 0.4) is 0 Å². The summed E-state index contributed by atoms with van der Waals surface area (Å²) >= 11 is 0. The van der Waals surface area contributed by atoms with E-state index in [-0.39, 0.29) is 0 Å². The highest BCUT2D eigenvalue weighted by Crippen LogP contribution is 2.26. The molecule has 0 bridgehead atoms. The molecule has 0 heterocycles. The molecule has 0 aromatic carbocycles. The number of hydrogen-bond donors (Lipinski definition) is 2. The molecule has 0 fully saturated rings. The van der Waals surface area contributed by atoms with Crippen molar-refractivity contribution in [2.24, 2.45) is 5.41 Å². The van der Waals surface area contributed by atoms with Gasteiger partial charge < -0.3 is 10.4 Å². The molecule has 3 heteroatoms. The molecule has 0 saturated heterocycles. The van der Waals surface area contributed by atoms with Crippen LogP contribution in [0, 0.1) is 5.41 Å². The highest BCUT2D eigenvalue weighted by atomic mass is 16.4. The highest BCUT2D eigenvalue weighted by Gasteiger charge is 2.34. The minimum Gasteiger partial charge on any atom is -0.481 e. The minimum absolute atomic E-state index is 0.407. The van der Waals surface area contributed by atoms with Gasteiger partial charge in [0.25, 0.3) is 0 Å². The Morgan fingerprint density at radius 2 is 1.94 bits per heavy atom. The van der Waals surface area contributed by atoms with Crippen LogP contribution >= 0.6 is 0 Å². The Kier molecular flexibility index (Phi) is 8.73. The summed E-state index contributed by atoms with van der Waals surface area (Å²) in [5.41, 5.74) is -0.611. The summed E-state index contributed by atoms with van der Waals surface area (Å²) in [7, 11) is 0. The monoisotopic (exact) mass is 255 g/mol. The minimum atomic E-state index is -0.682. The third-order valence-corrected chi connectivity index (χ3v) is 3.89. The van der Waals surface area contributed by atoms with Gasteiger partial charge in [0.05, 0.1) is 5.41 Å². The summed E-state index contributed by atoms with van der Waals surface area (Å²) in [5.74, 6) is -0.682. The lowest BCUT2D eigenvalue weighted by Gasteiger charge is -2.29. The number of allylic oxidation sites excluding steroid dienone is 1. The first-order valence-electron chi connectivity index (χ1n) is 7.13. The zero-order valence-electron chi connectivity index (χ0n) is 12.2. The number of carboxylic acid groups (broad SMARTS) is 1. The van der Waals surface area contributed by atoms with Gasteiger partial charge in [-0.05, 0) is 32.1 Å². The second-order valence-electron chi connectivity index (χ2n) is 5.03. The van der Waals surface area contributed by atoms with Crippen molar-refractivity contribution in [3.8, 4) is 0 Å². The standard InChI is InChI=1S/C15H29NO2/c1-5-9-11-13(10-6-2)16-12-15(7-3,8-4)14(17)18/h5,13,16H,1,6-12H2,2-4H3,(H,17,18). The molecule has 18 heavy (non-hydrogen) atoms. The third-order valence-electron chi connectivity index (χ3n) is 3.89. The molecule has 0 aliphatic heterocycles. The lowest BCUT2D eigenvalue weighted by molar-refractivity contribution is -0.149. The van der Waals surface area contributed by atoms with Crippen molar-refractivity contribution in [1.29, 1.82) is 0 Å². The van der Waals surface area contributed by atoms with Crippen molar-refractivity contribution in [3.05, 3.63) is 12.7 Å². The van der Waals surface area contributed by atoms with Gasteiger partial charge in [0, 0.05) is 12.6 Å². The fourth-order valence-corrected chi connectivity index (χ4v) is 2.23. The maximum Gasteiger partial charge on any atom is 0.310 e. The number of rotatable bonds is 11. The molecular weight excluding hydrogens is 226 g/mol. The van der Waals surface area contributed by atoms with E-state index in [2.05, 4.69) is 18.8 Å². The van der Waals surface area contributed by atoms with Crippen molar-refractivity contribution in [2.45, 2.75) is 65.3 Å². The van der Waals surface area contributed by atoms with Gasteiger partial charge in [0.2, 0.25) is 0 Å². The Labute approximate surface area is 112 Å². The van der Waals surface area contributed by atoms with Crippen molar-refractivity contribution in [1.82, 2.24) is 5.32 Å². The van der Waals surface area contributed by atoms with Gasteiger partial charge in [0.15, 0.2) is 0 Å². The summed E-state index contributed by atoms with van der Waals surface area (Å²) in [5, 5.41) is 12.8. The summed E-state index contributed by atoms with van der Waals surface area (Å²) in [6.45, 7) is 10.4. The normalized spacial score (nSPS) is 13.3. The first-order valence-corrected chi connectivity index (χ1v) is 7.13. The van der Waals surface area contributed by atoms with Crippen LogP contribution in [0.25, 0.3) is 0 Å². The van der Waals surface area contributed by atoms with Gasteiger partial charge in [-0.2, -0.15) is 0 Å². The van der Waals surface area contributed by atoms with E-state index in [4.69, 9.17) is 0 Å². The molecule has 0 amide bonds. The van der Waals surface area contributed by atoms with E-state index in [1.165, 1.54) is 0 Å². The van der Waals surface area contributed by atoms with Crippen LogP contribution in [0.5, 0.6) is 0 Å². The highest BCUT2D eigenvalue weighted by molar-refractivity contribution is 5.74. The molecule has 0 rings (SSSR count). The fraction of sp³-hybridized carbons (Fsp3) is 0.800. The number of nitrogens with one attached hydrogen (secondary N) is 1. The molecule has 2 N–H and O–H groups in total. The average molecular weight is 255 g/mol. The van der Waals surface area contributed by atoms with Gasteiger partial charge in [0.1, 0.15) is 0 Å². The van der Waals surface area contributed by atoms with E-state index < -0.39 is 11.4 Å². The van der Waals surface area contributed by atoms with Crippen molar-refractivity contribution < 1.29 is 9.90 Å². The molecule has 0 aliphatic rings. The molecule has 0 aromatic heterocycles. The van der Waals surface area contributed by atoms with E-state index >= 15 is 0 Å². The van der Waals surface area contributed by atoms with Crippen LogP contribution in [0.1, 0.15) is 59.3 Å². The number of carbonyl (C=O) groups is 1. The largest absolute Gasteiger partial charge is 0.481 e. The van der Waals surface area contributed by atoms with E-state index in [0.717, 1.165) is 25.7 Å². The molecule has 0 radical (unpaired) electrons. The molecule has 3 nitrogen and oxygen atoms in total. The molecule has 0 spiro atoms. The zero-order chi connectivity index (χ0) is 14.0. The van der Waals surface area contributed by atoms with E-state index in [9.17, 15) is 9.90 Å². The van der Waals surface area contributed by atoms with Gasteiger partial charge in [-0.15, -0.1) is 6.58 Å². The molecular formula is C15H29NO2. The first kappa shape index (κ1) is 17.2. The molecule has 0 saturated carbocycles. The Hall–Kier alpha value is -0.830. The second-order valence-corrected chi connectivity index (χ2v) is 5.03. The van der Waals surface area contributed by atoms with Gasteiger partial charge in [-0.1, -0.05) is 33.3 Å². The van der Waals surface area contributed by atoms with Crippen LogP contribution in [0.4, 0.5) is 0 Å². The Balaban J connectivity index is 4.44. The lowest BCUT2D eigenvalue weighted by Crippen LogP contribution is -2.44. The zero-order valence-corrected chi connectivity index (χ0v) is 12.2. The molecule has 1 unspecified atom stereocenters. The lowest BCUT2D eigenvalue weighted by atomic mass is 9.82. The number of hydrogen-bond acceptors (Lipinski definition) is 2. The molecule has 0 aromatic rings. The van der Waals surface area contributed by atoms with Crippen LogP contribution in [-0.2, 0) is 4.79 Å². The average Bonchev–Trinajstić information content (AvgIpc) is 2.37. The molecule has 106 valence electrons. The van der Waals surface area contributed by atoms with Gasteiger partial charge in [-0.3, -0.25) is 4.79 Å². The van der Waals surface area contributed by atoms with Crippen molar-refractivity contribution in [3.63, 3.8) is 0 Å². The Morgan fingerprint density at radius 1 is 1.33 bits per heavy atom. The summed E-state index contributed by atoms with van der Waals surface area (Å²) in [4.78, 5) is 11.4. The topological polar surface area (TPSA) is 49.3 Å². The quantitative estimate of drug-likeness (QED) is 0.555. The van der Waals surface area contributed by atoms with E-state index in [1.54, 1.807) is 0 Å².